The fraction of sp³-hybridized carbons (Fsp3) is 0.455. The average Bonchev–Trinajstić information content (AvgIpc) is 2.99. The molecule has 1 aliphatic rings. The number of benzene rings is 1. The van der Waals surface area contributed by atoms with Crippen LogP contribution in [0.5, 0.6) is 0 Å². The zero-order valence-electron chi connectivity index (χ0n) is 8.22. The molecule has 0 heterocycles. The molecule has 1 nitrogen and oxygen atoms in total. The van der Waals surface area contributed by atoms with Crippen LogP contribution in [0.2, 0.25) is 0 Å². The zero-order chi connectivity index (χ0) is 9.97. The van der Waals surface area contributed by atoms with Crippen molar-refractivity contribution in [3.05, 3.63) is 28.2 Å². The van der Waals surface area contributed by atoms with E-state index in [1.807, 2.05) is 11.8 Å². The lowest BCUT2D eigenvalue weighted by atomic mass is 10.2. The highest BCUT2D eigenvalue weighted by molar-refractivity contribution is 9.10. The van der Waals surface area contributed by atoms with Crippen LogP contribution in [0.4, 0.5) is 0 Å². The molecule has 0 atom stereocenters. The Morgan fingerprint density at radius 3 is 2.93 bits per heavy atom. The summed E-state index contributed by atoms with van der Waals surface area (Å²) in [7, 11) is 0. The van der Waals surface area contributed by atoms with Gasteiger partial charge in [0.15, 0.2) is 0 Å². The van der Waals surface area contributed by atoms with Crippen molar-refractivity contribution in [3.63, 3.8) is 0 Å². The van der Waals surface area contributed by atoms with Crippen LogP contribution in [0.15, 0.2) is 27.6 Å². The summed E-state index contributed by atoms with van der Waals surface area (Å²) in [6.45, 7) is 1.01. The Morgan fingerprint density at radius 1 is 1.50 bits per heavy atom. The second kappa shape index (κ2) is 4.69. The van der Waals surface area contributed by atoms with E-state index < -0.39 is 0 Å². The van der Waals surface area contributed by atoms with Gasteiger partial charge in [0.1, 0.15) is 0 Å². The van der Waals surface area contributed by atoms with E-state index in [1.54, 1.807) is 0 Å². The van der Waals surface area contributed by atoms with Crippen LogP contribution >= 0.6 is 27.7 Å². The Labute approximate surface area is 97.8 Å². The number of nitrogens with one attached hydrogen (secondary N) is 1. The summed E-state index contributed by atoms with van der Waals surface area (Å²) in [5.41, 5.74) is 1.41. The van der Waals surface area contributed by atoms with E-state index in [1.165, 1.54) is 23.3 Å². The lowest BCUT2D eigenvalue weighted by molar-refractivity contribution is 0.680. The Morgan fingerprint density at radius 2 is 2.29 bits per heavy atom. The second-order valence-electron chi connectivity index (χ2n) is 3.61. The van der Waals surface area contributed by atoms with E-state index in [0.29, 0.717) is 0 Å². The van der Waals surface area contributed by atoms with Gasteiger partial charge in [-0.2, -0.15) is 0 Å². The molecule has 0 bridgehead atoms. The molecule has 1 aromatic carbocycles. The molecule has 76 valence electrons. The van der Waals surface area contributed by atoms with Crippen LogP contribution in [-0.4, -0.2) is 12.3 Å². The van der Waals surface area contributed by atoms with Crippen LogP contribution in [0.3, 0.4) is 0 Å². The maximum absolute atomic E-state index is 3.54. The summed E-state index contributed by atoms with van der Waals surface area (Å²) in [4.78, 5) is 1.37. The highest BCUT2D eigenvalue weighted by Crippen LogP contribution is 2.26. The number of hydrogen-bond donors (Lipinski definition) is 1. The third kappa shape index (κ3) is 2.75. The third-order valence-electron chi connectivity index (χ3n) is 2.41. The molecule has 0 aliphatic heterocycles. The van der Waals surface area contributed by atoms with Crippen LogP contribution < -0.4 is 5.32 Å². The summed E-state index contributed by atoms with van der Waals surface area (Å²) in [5.74, 6) is 0. The highest BCUT2D eigenvalue weighted by Gasteiger charge is 2.20. The predicted octanol–water partition coefficient (Wildman–Crippen LogP) is 3.42. The number of thioether (sulfide) groups is 1. The van der Waals surface area contributed by atoms with E-state index in [2.05, 4.69) is 45.7 Å². The summed E-state index contributed by atoms with van der Waals surface area (Å²) in [6, 6.07) is 7.29. The maximum atomic E-state index is 3.54. The van der Waals surface area contributed by atoms with E-state index >= 15 is 0 Å². The van der Waals surface area contributed by atoms with Gasteiger partial charge in [-0.15, -0.1) is 11.8 Å². The maximum Gasteiger partial charge on any atom is 0.0219 e. The molecule has 0 saturated heterocycles. The van der Waals surface area contributed by atoms with Gasteiger partial charge in [-0.1, -0.05) is 22.0 Å². The van der Waals surface area contributed by atoms with Gasteiger partial charge in [0.25, 0.3) is 0 Å². The molecule has 1 aliphatic carbocycles. The molecule has 1 saturated carbocycles. The van der Waals surface area contributed by atoms with Crippen molar-refractivity contribution in [2.45, 2.75) is 30.3 Å². The number of rotatable bonds is 4. The highest BCUT2D eigenvalue weighted by atomic mass is 79.9. The largest absolute Gasteiger partial charge is 0.310 e. The summed E-state index contributed by atoms with van der Waals surface area (Å²) < 4.78 is 1.16. The molecule has 0 unspecified atom stereocenters. The second-order valence-corrected chi connectivity index (χ2v) is 5.38. The van der Waals surface area contributed by atoms with Crippen molar-refractivity contribution in [2.24, 2.45) is 0 Å². The molecular formula is C11H14BrNS. The van der Waals surface area contributed by atoms with Gasteiger partial charge < -0.3 is 5.32 Å². The zero-order valence-corrected chi connectivity index (χ0v) is 10.6. The standard InChI is InChI=1S/C11H14BrNS/c1-14-11-6-9(12)3-2-8(11)7-13-10-4-5-10/h2-3,6,10,13H,4-5,7H2,1H3. The molecular weight excluding hydrogens is 258 g/mol. The topological polar surface area (TPSA) is 12.0 Å². The number of hydrogen-bond acceptors (Lipinski definition) is 2. The Bertz CT molecular complexity index is 323. The molecule has 2 rings (SSSR count). The van der Waals surface area contributed by atoms with Gasteiger partial charge in [-0.3, -0.25) is 0 Å². The van der Waals surface area contributed by atoms with Gasteiger partial charge >= 0.3 is 0 Å². The van der Waals surface area contributed by atoms with Crippen LogP contribution in [0.1, 0.15) is 18.4 Å². The lowest BCUT2D eigenvalue weighted by Crippen LogP contribution is -2.15. The normalized spacial score (nSPS) is 15.9. The first-order valence-electron chi connectivity index (χ1n) is 4.85. The lowest BCUT2D eigenvalue weighted by Gasteiger charge is -2.08. The Kier molecular flexibility index (Phi) is 3.52. The first kappa shape index (κ1) is 10.5. The van der Waals surface area contributed by atoms with Crippen LogP contribution in [0.25, 0.3) is 0 Å². The first-order chi connectivity index (χ1) is 6.79. The van der Waals surface area contributed by atoms with Crippen molar-refractivity contribution < 1.29 is 0 Å². The van der Waals surface area contributed by atoms with E-state index in [0.717, 1.165) is 17.1 Å². The quantitative estimate of drug-likeness (QED) is 0.843. The van der Waals surface area contributed by atoms with Crippen molar-refractivity contribution in [1.29, 1.82) is 0 Å². The third-order valence-corrected chi connectivity index (χ3v) is 3.72. The average molecular weight is 272 g/mol. The first-order valence-corrected chi connectivity index (χ1v) is 6.87. The van der Waals surface area contributed by atoms with E-state index in [-0.39, 0.29) is 0 Å². The molecule has 1 fully saturated rings. The van der Waals surface area contributed by atoms with Crippen molar-refractivity contribution >= 4 is 27.7 Å². The van der Waals surface area contributed by atoms with Gasteiger partial charge in [0.2, 0.25) is 0 Å². The van der Waals surface area contributed by atoms with Gasteiger partial charge in [0, 0.05) is 22.0 Å². The van der Waals surface area contributed by atoms with Crippen molar-refractivity contribution in [2.75, 3.05) is 6.26 Å². The molecule has 14 heavy (non-hydrogen) atoms. The van der Waals surface area contributed by atoms with Crippen LogP contribution in [-0.2, 0) is 6.54 Å². The molecule has 1 N–H and O–H groups in total. The fourth-order valence-electron chi connectivity index (χ4n) is 1.41. The minimum atomic E-state index is 0.786. The SMILES string of the molecule is CSc1cc(Br)ccc1CNC1CC1. The van der Waals surface area contributed by atoms with Crippen LogP contribution in [0, 0.1) is 0 Å². The van der Waals surface area contributed by atoms with Gasteiger partial charge in [-0.05, 0) is 36.8 Å². The van der Waals surface area contributed by atoms with Gasteiger partial charge in [0.05, 0.1) is 0 Å². The fourth-order valence-corrected chi connectivity index (χ4v) is 2.57. The molecule has 3 heteroatoms. The Balaban J connectivity index is 2.05. The summed E-state index contributed by atoms with van der Waals surface area (Å²) >= 11 is 5.31. The summed E-state index contributed by atoms with van der Waals surface area (Å²) in [5, 5.41) is 3.54. The smallest absolute Gasteiger partial charge is 0.0219 e. The summed E-state index contributed by atoms with van der Waals surface area (Å²) in [6.07, 6.45) is 4.83. The number of halogens is 1. The van der Waals surface area contributed by atoms with Crippen molar-refractivity contribution in [3.8, 4) is 0 Å². The monoisotopic (exact) mass is 271 g/mol. The van der Waals surface area contributed by atoms with E-state index in [9.17, 15) is 0 Å². The van der Waals surface area contributed by atoms with E-state index in [4.69, 9.17) is 0 Å². The molecule has 0 amide bonds. The van der Waals surface area contributed by atoms with Gasteiger partial charge in [-0.25, -0.2) is 0 Å². The minimum Gasteiger partial charge on any atom is -0.310 e. The predicted molar refractivity (Wildman–Crippen MR) is 65.8 cm³/mol. The minimum absolute atomic E-state index is 0.786. The molecule has 0 aromatic heterocycles. The molecule has 0 spiro atoms. The van der Waals surface area contributed by atoms with Crippen molar-refractivity contribution in [1.82, 2.24) is 5.32 Å². The molecule has 1 aromatic rings. The Hall–Kier alpha value is 0.01000. The molecule has 0 radical (unpaired) electrons.